The lowest BCUT2D eigenvalue weighted by atomic mass is 9.92. The van der Waals surface area contributed by atoms with Crippen LogP contribution in [-0.4, -0.2) is 22.2 Å². The summed E-state index contributed by atoms with van der Waals surface area (Å²) in [5, 5.41) is 18.9. The molecule has 0 amide bonds. The van der Waals surface area contributed by atoms with Gasteiger partial charge in [-0.2, -0.15) is 0 Å². The zero-order chi connectivity index (χ0) is 16.9. The quantitative estimate of drug-likeness (QED) is 0.466. The second-order valence-electron chi connectivity index (χ2n) is 5.15. The van der Waals surface area contributed by atoms with Crippen molar-refractivity contribution in [2.45, 2.75) is 52.4 Å². The Morgan fingerprint density at radius 2 is 1.14 bits per heavy atom. The van der Waals surface area contributed by atoms with E-state index >= 15 is 0 Å². The zero-order valence-electron chi connectivity index (χ0n) is 12.7. The van der Waals surface area contributed by atoms with Crippen LogP contribution in [-0.2, 0) is 12.8 Å². The predicted octanol–water partition coefficient (Wildman–Crippen LogP) is 4.98. The van der Waals surface area contributed by atoms with Crippen molar-refractivity contribution < 1.29 is 19.8 Å². The predicted molar refractivity (Wildman–Crippen MR) is 103 cm³/mol. The number of benzene rings is 1. The molecule has 1 aromatic carbocycles. The number of rotatable bonds is 8. The van der Waals surface area contributed by atoms with Gasteiger partial charge >= 0.3 is 11.9 Å². The molecule has 0 unspecified atom stereocenters. The molecule has 1 rings (SSSR count). The van der Waals surface area contributed by atoms with Crippen molar-refractivity contribution in [2.75, 3.05) is 0 Å². The van der Waals surface area contributed by atoms with Crippen LogP contribution < -0.4 is 0 Å². The standard InChI is InChI=1S/C16H20I2O4/c1-3-5-7-9-10(8-6-4-2)14(18)12(16(21)22)11(13(9)17)15(19)20/h3-8H2,1-2H3,(H,19,20)(H,21,22). The van der Waals surface area contributed by atoms with Crippen LogP contribution in [0.3, 0.4) is 0 Å². The highest BCUT2D eigenvalue weighted by Crippen LogP contribution is 2.33. The van der Waals surface area contributed by atoms with Crippen molar-refractivity contribution in [1.82, 2.24) is 0 Å². The Hall–Kier alpha value is -0.380. The SMILES string of the molecule is CCCCc1c(I)c(C(=O)O)c(C(=O)O)c(I)c1CCCC. The summed E-state index contributed by atoms with van der Waals surface area (Å²) in [6, 6.07) is 0. The minimum atomic E-state index is -1.17. The molecule has 0 aliphatic rings. The van der Waals surface area contributed by atoms with E-state index in [1.54, 1.807) is 0 Å². The first-order valence-electron chi connectivity index (χ1n) is 7.35. The van der Waals surface area contributed by atoms with Gasteiger partial charge in [0.15, 0.2) is 0 Å². The first kappa shape index (κ1) is 19.7. The maximum atomic E-state index is 11.6. The molecule has 0 aromatic heterocycles. The molecule has 122 valence electrons. The van der Waals surface area contributed by atoms with Crippen LogP contribution in [0.2, 0.25) is 0 Å². The molecular formula is C16H20I2O4. The number of aromatic carboxylic acids is 2. The summed E-state index contributed by atoms with van der Waals surface area (Å²) in [7, 11) is 0. The van der Waals surface area contributed by atoms with Crippen molar-refractivity contribution >= 4 is 57.1 Å². The van der Waals surface area contributed by atoms with E-state index < -0.39 is 11.9 Å². The number of unbranched alkanes of at least 4 members (excludes halogenated alkanes) is 2. The molecule has 2 N–H and O–H groups in total. The Labute approximate surface area is 158 Å². The third kappa shape index (κ3) is 4.33. The molecule has 0 aliphatic heterocycles. The summed E-state index contributed by atoms with van der Waals surface area (Å²) in [5.74, 6) is -2.33. The van der Waals surface area contributed by atoms with Gasteiger partial charge in [-0.1, -0.05) is 26.7 Å². The van der Waals surface area contributed by atoms with Crippen LogP contribution in [0.15, 0.2) is 0 Å². The van der Waals surface area contributed by atoms with Gasteiger partial charge < -0.3 is 10.2 Å². The summed E-state index contributed by atoms with van der Waals surface area (Å²) in [4.78, 5) is 23.2. The molecule has 0 spiro atoms. The highest BCUT2D eigenvalue weighted by Gasteiger charge is 2.28. The van der Waals surface area contributed by atoms with Crippen LogP contribution >= 0.6 is 45.2 Å². The lowest BCUT2D eigenvalue weighted by Gasteiger charge is -2.19. The van der Waals surface area contributed by atoms with Gasteiger partial charge in [0.1, 0.15) is 0 Å². The minimum absolute atomic E-state index is 0.0659. The number of hydrogen-bond acceptors (Lipinski definition) is 2. The van der Waals surface area contributed by atoms with Crippen molar-refractivity contribution in [3.8, 4) is 0 Å². The summed E-state index contributed by atoms with van der Waals surface area (Å²) in [5.41, 5.74) is 1.90. The van der Waals surface area contributed by atoms with E-state index in [-0.39, 0.29) is 11.1 Å². The highest BCUT2D eigenvalue weighted by atomic mass is 127. The van der Waals surface area contributed by atoms with Gasteiger partial charge in [-0.05, 0) is 82.0 Å². The number of carboxylic acid groups (broad SMARTS) is 2. The minimum Gasteiger partial charge on any atom is -0.478 e. The van der Waals surface area contributed by atoms with E-state index in [1.165, 1.54) is 0 Å². The van der Waals surface area contributed by atoms with Crippen molar-refractivity contribution in [1.29, 1.82) is 0 Å². The molecule has 4 nitrogen and oxygen atoms in total. The normalized spacial score (nSPS) is 10.7. The number of carbonyl (C=O) groups is 2. The fraction of sp³-hybridized carbons (Fsp3) is 0.500. The third-order valence-corrected chi connectivity index (χ3v) is 5.95. The number of hydrogen-bond donors (Lipinski definition) is 2. The van der Waals surface area contributed by atoms with Gasteiger partial charge in [0, 0.05) is 7.14 Å². The van der Waals surface area contributed by atoms with Crippen LogP contribution in [0.5, 0.6) is 0 Å². The fourth-order valence-corrected chi connectivity index (χ4v) is 4.61. The largest absolute Gasteiger partial charge is 0.478 e. The lowest BCUT2D eigenvalue weighted by Crippen LogP contribution is -2.17. The molecule has 1 aromatic rings. The van der Waals surface area contributed by atoms with E-state index in [0.29, 0.717) is 7.14 Å². The molecule has 6 heteroatoms. The lowest BCUT2D eigenvalue weighted by molar-refractivity contribution is 0.0649. The number of halogens is 2. The van der Waals surface area contributed by atoms with Gasteiger partial charge in [-0.3, -0.25) is 0 Å². The van der Waals surface area contributed by atoms with Crippen LogP contribution in [0.25, 0.3) is 0 Å². The maximum Gasteiger partial charge on any atom is 0.337 e. The first-order valence-corrected chi connectivity index (χ1v) is 9.51. The Kier molecular flexibility index (Phi) is 8.09. The average Bonchev–Trinajstić information content (AvgIpc) is 2.45. The third-order valence-electron chi connectivity index (χ3n) is 3.57. The van der Waals surface area contributed by atoms with E-state index in [1.807, 2.05) is 45.2 Å². The Morgan fingerprint density at radius 3 is 1.36 bits per heavy atom. The summed E-state index contributed by atoms with van der Waals surface area (Å²) < 4.78 is 1.17. The molecule has 0 saturated heterocycles. The maximum absolute atomic E-state index is 11.6. The Morgan fingerprint density at radius 1 is 0.818 bits per heavy atom. The fourth-order valence-electron chi connectivity index (χ4n) is 2.42. The second-order valence-corrected chi connectivity index (χ2v) is 7.31. The van der Waals surface area contributed by atoms with Gasteiger partial charge in [-0.15, -0.1) is 0 Å². The topological polar surface area (TPSA) is 74.6 Å². The van der Waals surface area contributed by atoms with Crippen LogP contribution in [0.1, 0.15) is 71.4 Å². The molecule has 22 heavy (non-hydrogen) atoms. The van der Waals surface area contributed by atoms with E-state index in [4.69, 9.17) is 0 Å². The van der Waals surface area contributed by atoms with Gasteiger partial charge in [0.25, 0.3) is 0 Å². The first-order chi connectivity index (χ1) is 10.4. The van der Waals surface area contributed by atoms with Crippen molar-refractivity contribution in [3.63, 3.8) is 0 Å². The average molecular weight is 530 g/mol. The molecular weight excluding hydrogens is 510 g/mol. The zero-order valence-corrected chi connectivity index (χ0v) is 17.0. The molecule has 0 saturated carbocycles. The van der Waals surface area contributed by atoms with Gasteiger partial charge in [0.2, 0.25) is 0 Å². The monoisotopic (exact) mass is 530 g/mol. The van der Waals surface area contributed by atoms with Crippen molar-refractivity contribution in [3.05, 3.63) is 29.4 Å². The smallest absolute Gasteiger partial charge is 0.337 e. The molecule has 0 atom stereocenters. The highest BCUT2D eigenvalue weighted by molar-refractivity contribution is 14.1. The molecule has 0 radical (unpaired) electrons. The molecule has 0 bridgehead atoms. The summed E-state index contributed by atoms with van der Waals surface area (Å²) >= 11 is 4.00. The number of carboxylic acids is 2. The molecule has 0 aliphatic carbocycles. The molecule has 0 fully saturated rings. The Bertz CT molecular complexity index is 531. The molecule has 0 heterocycles. The Balaban J connectivity index is 3.65. The second kappa shape index (κ2) is 9.05. The van der Waals surface area contributed by atoms with E-state index in [0.717, 1.165) is 49.7 Å². The summed E-state index contributed by atoms with van der Waals surface area (Å²) in [6.07, 6.45) is 5.56. The van der Waals surface area contributed by atoms with E-state index in [2.05, 4.69) is 13.8 Å². The van der Waals surface area contributed by atoms with E-state index in [9.17, 15) is 19.8 Å². The van der Waals surface area contributed by atoms with Gasteiger partial charge in [0.05, 0.1) is 11.1 Å². The van der Waals surface area contributed by atoms with Crippen molar-refractivity contribution in [2.24, 2.45) is 0 Å². The summed E-state index contributed by atoms with van der Waals surface area (Å²) in [6.45, 7) is 4.18. The van der Waals surface area contributed by atoms with Crippen LogP contribution in [0, 0.1) is 7.14 Å². The van der Waals surface area contributed by atoms with Crippen LogP contribution in [0.4, 0.5) is 0 Å². The van der Waals surface area contributed by atoms with Gasteiger partial charge in [-0.25, -0.2) is 9.59 Å².